The van der Waals surface area contributed by atoms with Gasteiger partial charge in [0.1, 0.15) is 6.07 Å². The number of rotatable bonds is 3. The minimum atomic E-state index is -0.577. The van der Waals surface area contributed by atoms with Crippen LogP contribution in [0.3, 0.4) is 0 Å². The van der Waals surface area contributed by atoms with E-state index >= 15 is 0 Å². The normalized spacial score (nSPS) is 10.0. The number of aromatic nitrogens is 2. The molecule has 0 aliphatic heterocycles. The van der Waals surface area contributed by atoms with Gasteiger partial charge in [-0.2, -0.15) is 10.4 Å². The van der Waals surface area contributed by atoms with Crippen LogP contribution in [0.5, 0.6) is 0 Å². The Balaban J connectivity index is 2.50. The predicted octanol–water partition coefficient (Wildman–Crippen LogP) is 0.335. The van der Waals surface area contributed by atoms with Gasteiger partial charge in [0.15, 0.2) is 0 Å². The van der Waals surface area contributed by atoms with Gasteiger partial charge in [-0.05, 0) is 17.7 Å². The second-order valence-corrected chi connectivity index (χ2v) is 3.66. The molecule has 0 unspecified atom stereocenters. The quantitative estimate of drug-likeness (QED) is 0.809. The molecule has 0 atom stereocenters. The minimum absolute atomic E-state index is 0.138. The van der Waals surface area contributed by atoms with Crippen molar-refractivity contribution in [1.82, 2.24) is 9.78 Å². The Hall–Kier alpha value is -2.65. The van der Waals surface area contributed by atoms with Crippen molar-refractivity contribution in [3.05, 3.63) is 47.3 Å². The molecule has 90 valence electrons. The first-order chi connectivity index (χ1) is 8.65. The topological polar surface area (TPSA) is 105 Å². The monoisotopic (exact) mass is 242 g/mol. The predicted molar refractivity (Wildman–Crippen MR) is 62.7 cm³/mol. The SMILES string of the molecule is N#Cc1cc(CO)ccc1-n1cc(C(N)=O)cn1. The lowest BCUT2D eigenvalue weighted by Crippen LogP contribution is -2.09. The van der Waals surface area contributed by atoms with Crippen molar-refractivity contribution >= 4 is 5.91 Å². The molecule has 0 radical (unpaired) electrons. The number of aliphatic hydroxyl groups is 1. The van der Waals surface area contributed by atoms with Gasteiger partial charge >= 0.3 is 0 Å². The van der Waals surface area contributed by atoms with Crippen LogP contribution in [0.2, 0.25) is 0 Å². The molecule has 1 aromatic carbocycles. The van der Waals surface area contributed by atoms with Crippen molar-refractivity contribution in [1.29, 1.82) is 5.26 Å². The summed E-state index contributed by atoms with van der Waals surface area (Å²) in [5.41, 5.74) is 6.93. The summed E-state index contributed by atoms with van der Waals surface area (Å²) in [6.45, 7) is -0.138. The Morgan fingerprint density at radius 2 is 2.33 bits per heavy atom. The third-order valence-electron chi connectivity index (χ3n) is 2.48. The third-order valence-corrected chi connectivity index (χ3v) is 2.48. The van der Waals surface area contributed by atoms with E-state index in [9.17, 15) is 4.79 Å². The first-order valence-corrected chi connectivity index (χ1v) is 5.14. The van der Waals surface area contributed by atoms with E-state index in [2.05, 4.69) is 5.10 Å². The van der Waals surface area contributed by atoms with Crippen LogP contribution in [0.15, 0.2) is 30.6 Å². The number of aliphatic hydroxyl groups excluding tert-OH is 1. The molecule has 0 bridgehead atoms. The number of hydrogen-bond donors (Lipinski definition) is 2. The zero-order valence-corrected chi connectivity index (χ0v) is 9.37. The van der Waals surface area contributed by atoms with Crippen molar-refractivity contribution in [2.75, 3.05) is 0 Å². The van der Waals surface area contributed by atoms with Crippen LogP contribution in [0.4, 0.5) is 0 Å². The molecule has 3 N–H and O–H groups in total. The molecule has 6 nitrogen and oxygen atoms in total. The number of primary amides is 1. The van der Waals surface area contributed by atoms with Crippen molar-refractivity contribution in [2.24, 2.45) is 5.73 Å². The summed E-state index contributed by atoms with van der Waals surface area (Å²) in [7, 11) is 0. The van der Waals surface area contributed by atoms with Crippen molar-refractivity contribution in [2.45, 2.75) is 6.61 Å². The zero-order valence-electron chi connectivity index (χ0n) is 9.37. The van der Waals surface area contributed by atoms with Gasteiger partial charge in [-0.1, -0.05) is 6.07 Å². The van der Waals surface area contributed by atoms with Gasteiger partial charge in [0.2, 0.25) is 0 Å². The maximum Gasteiger partial charge on any atom is 0.251 e. The van der Waals surface area contributed by atoms with Crippen molar-refractivity contribution in [3.8, 4) is 11.8 Å². The van der Waals surface area contributed by atoms with Crippen LogP contribution in [-0.4, -0.2) is 20.8 Å². The van der Waals surface area contributed by atoms with E-state index < -0.39 is 5.91 Å². The van der Waals surface area contributed by atoms with Gasteiger partial charge in [-0.3, -0.25) is 4.79 Å². The molecule has 2 rings (SSSR count). The van der Waals surface area contributed by atoms with Gasteiger partial charge in [0.25, 0.3) is 5.91 Å². The molecular weight excluding hydrogens is 232 g/mol. The molecule has 0 fully saturated rings. The average molecular weight is 242 g/mol. The third kappa shape index (κ3) is 2.07. The molecule has 0 aliphatic carbocycles. The molecule has 1 aromatic heterocycles. The van der Waals surface area contributed by atoms with Gasteiger partial charge < -0.3 is 10.8 Å². The first kappa shape index (κ1) is 11.8. The zero-order chi connectivity index (χ0) is 13.1. The van der Waals surface area contributed by atoms with Gasteiger partial charge in [0.05, 0.1) is 29.6 Å². The summed E-state index contributed by atoms with van der Waals surface area (Å²) in [4.78, 5) is 11.0. The highest BCUT2D eigenvalue weighted by Gasteiger charge is 2.09. The Kier molecular flexibility index (Phi) is 3.08. The van der Waals surface area contributed by atoms with Gasteiger partial charge in [-0.25, -0.2) is 4.68 Å². The van der Waals surface area contributed by atoms with Crippen LogP contribution >= 0.6 is 0 Å². The largest absolute Gasteiger partial charge is 0.392 e. The second kappa shape index (κ2) is 4.69. The molecule has 0 saturated carbocycles. The molecular formula is C12H10N4O2. The number of benzene rings is 1. The summed E-state index contributed by atoms with van der Waals surface area (Å²) in [5.74, 6) is -0.577. The van der Waals surface area contributed by atoms with Crippen LogP contribution in [-0.2, 0) is 6.61 Å². The van der Waals surface area contributed by atoms with E-state index in [0.29, 0.717) is 16.8 Å². The number of nitriles is 1. The highest BCUT2D eigenvalue weighted by molar-refractivity contribution is 5.92. The Labute approximate surface area is 103 Å². The van der Waals surface area contributed by atoms with Crippen molar-refractivity contribution in [3.63, 3.8) is 0 Å². The summed E-state index contributed by atoms with van der Waals surface area (Å²) in [5, 5.41) is 22.0. The number of amides is 1. The Bertz CT molecular complexity index is 640. The van der Waals surface area contributed by atoms with E-state index in [1.54, 1.807) is 18.2 Å². The lowest BCUT2D eigenvalue weighted by atomic mass is 10.1. The van der Waals surface area contributed by atoms with Gasteiger partial charge in [0, 0.05) is 6.20 Å². The Morgan fingerprint density at radius 1 is 1.56 bits per heavy atom. The molecule has 0 spiro atoms. The van der Waals surface area contributed by atoms with Crippen LogP contribution < -0.4 is 5.73 Å². The lowest BCUT2D eigenvalue weighted by molar-refractivity contribution is 0.100. The van der Waals surface area contributed by atoms with Gasteiger partial charge in [-0.15, -0.1) is 0 Å². The standard InChI is InChI=1S/C12H10N4O2/c13-4-9-3-8(7-17)1-2-11(9)16-6-10(5-15-16)12(14)18/h1-3,5-6,17H,7H2,(H2,14,18). The summed E-state index contributed by atoms with van der Waals surface area (Å²) in [6, 6.07) is 6.93. The lowest BCUT2D eigenvalue weighted by Gasteiger charge is -2.05. The first-order valence-electron chi connectivity index (χ1n) is 5.14. The van der Waals surface area contributed by atoms with Crippen molar-refractivity contribution < 1.29 is 9.90 Å². The van der Waals surface area contributed by atoms with Crippen LogP contribution in [0, 0.1) is 11.3 Å². The highest BCUT2D eigenvalue weighted by atomic mass is 16.3. The number of carbonyl (C=O) groups excluding carboxylic acids is 1. The van der Waals surface area contributed by atoms with E-state index in [0.717, 1.165) is 0 Å². The molecule has 0 aliphatic rings. The maximum atomic E-state index is 11.0. The highest BCUT2D eigenvalue weighted by Crippen LogP contribution is 2.16. The molecule has 1 amide bonds. The summed E-state index contributed by atoms with van der Waals surface area (Å²) in [6.07, 6.45) is 2.79. The molecule has 2 aromatic rings. The van der Waals surface area contributed by atoms with E-state index in [1.165, 1.54) is 17.1 Å². The maximum absolute atomic E-state index is 11.0. The number of hydrogen-bond acceptors (Lipinski definition) is 4. The Morgan fingerprint density at radius 3 is 2.89 bits per heavy atom. The fraction of sp³-hybridized carbons (Fsp3) is 0.0833. The number of nitrogens with zero attached hydrogens (tertiary/aromatic N) is 3. The molecule has 6 heteroatoms. The van der Waals surface area contributed by atoms with E-state index in [4.69, 9.17) is 16.1 Å². The molecule has 1 heterocycles. The van der Waals surface area contributed by atoms with Crippen LogP contribution in [0.25, 0.3) is 5.69 Å². The van der Waals surface area contributed by atoms with E-state index in [-0.39, 0.29) is 12.2 Å². The smallest absolute Gasteiger partial charge is 0.251 e. The molecule has 18 heavy (non-hydrogen) atoms. The second-order valence-electron chi connectivity index (χ2n) is 3.66. The fourth-order valence-electron chi connectivity index (χ4n) is 1.55. The van der Waals surface area contributed by atoms with E-state index in [1.807, 2.05) is 6.07 Å². The minimum Gasteiger partial charge on any atom is -0.392 e. The fourth-order valence-corrected chi connectivity index (χ4v) is 1.55. The average Bonchev–Trinajstić information content (AvgIpc) is 2.87. The summed E-state index contributed by atoms with van der Waals surface area (Å²) >= 11 is 0. The molecule has 0 saturated heterocycles. The number of nitrogens with two attached hydrogens (primary N) is 1. The van der Waals surface area contributed by atoms with Crippen LogP contribution in [0.1, 0.15) is 21.5 Å². The number of carbonyl (C=O) groups is 1. The summed E-state index contributed by atoms with van der Waals surface area (Å²) < 4.78 is 1.40.